The summed E-state index contributed by atoms with van der Waals surface area (Å²) in [4.78, 5) is 97.5. The molecule has 0 saturated heterocycles. The quantitative estimate of drug-likeness (QED) is 0.0374. The summed E-state index contributed by atoms with van der Waals surface area (Å²) in [5, 5.41) is 6.63. The van der Waals surface area contributed by atoms with Gasteiger partial charge in [0, 0.05) is 145 Å². The predicted molar refractivity (Wildman–Crippen MR) is 473 cm³/mol. The van der Waals surface area contributed by atoms with Crippen LogP contribution in [0.1, 0.15) is 115 Å². The summed E-state index contributed by atoms with van der Waals surface area (Å²) in [6.07, 6.45) is 18.4. The summed E-state index contributed by atoms with van der Waals surface area (Å²) in [6.45, 7) is 21.6. The fourth-order valence-electron chi connectivity index (χ4n) is 12.7. The number of nitrogen functional groups attached to an aromatic ring is 1. The number of aromatic nitrogens is 14. The first-order chi connectivity index (χ1) is 55.9. The summed E-state index contributed by atoms with van der Waals surface area (Å²) in [5.74, 6) is 3.14. The maximum absolute atomic E-state index is 11.8. The summed E-state index contributed by atoms with van der Waals surface area (Å²) in [5.41, 5.74) is 20.8. The van der Waals surface area contributed by atoms with Crippen molar-refractivity contribution in [1.29, 1.82) is 0 Å². The first-order valence-corrected chi connectivity index (χ1v) is 43.8. The lowest BCUT2D eigenvalue weighted by molar-refractivity contribution is 0.241. The molecular weight excluding hydrogens is 1690 g/mol. The molecule has 0 amide bonds. The predicted octanol–water partition coefficient (Wildman–Crippen LogP) is 17.8. The van der Waals surface area contributed by atoms with Crippen LogP contribution in [0, 0.1) is 0 Å². The molecule has 0 unspecified atom stereocenters. The van der Waals surface area contributed by atoms with E-state index < -0.39 is 5.20 Å². The van der Waals surface area contributed by atoms with Crippen molar-refractivity contribution in [2.45, 2.75) is 124 Å². The molecule has 0 fully saturated rings. The third kappa shape index (κ3) is 27.2. The van der Waals surface area contributed by atoms with E-state index in [-0.39, 0.29) is 27.5 Å². The lowest BCUT2D eigenvalue weighted by Gasteiger charge is -2.30. The molecule has 9 aromatic heterocycles. The lowest BCUT2D eigenvalue weighted by Crippen LogP contribution is -2.36. The minimum Gasteiger partial charge on any atom is -0.399 e. The number of benzene rings is 3. The summed E-state index contributed by atoms with van der Waals surface area (Å²) < 4.78 is 9.51. The maximum atomic E-state index is 11.8. The van der Waals surface area contributed by atoms with Gasteiger partial charge in [0.05, 0.1) is 90.8 Å². The first kappa shape index (κ1) is 90.2. The minimum absolute atomic E-state index is 0.00207. The van der Waals surface area contributed by atoms with E-state index in [1.54, 1.807) is 55.4 Å². The van der Waals surface area contributed by atoms with Gasteiger partial charge in [0.2, 0.25) is 0 Å². The van der Waals surface area contributed by atoms with Crippen LogP contribution in [0.15, 0.2) is 198 Å². The number of hydrogen-bond acceptors (Lipinski definition) is 22. The number of H-pyrrole nitrogens is 3. The number of nitrogens with zero attached hydrogens (tertiary/aromatic N) is 15. The fourth-order valence-corrected chi connectivity index (χ4v) is 13.9. The van der Waals surface area contributed by atoms with E-state index >= 15 is 0 Å². The number of rotatable bonds is 7. The average Bonchev–Trinajstić information content (AvgIpc) is 0.807. The fraction of sp³-hybridized carbons (Fsp3) is 0.293. The molecule has 612 valence electrons. The van der Waals surface area contributed by atoms with Crippen molar-refractivity contribution < 1.29 is 4.57 Å². The standard InChI is InChI=1S/C22H24ClN5.C14H15N3O.C12H10Cl2N4.C12H11ClN4O.C10H15N.C7H9N3O.C5H3Cl2N.Cl3OP/c1-22(2,3)15-6-8-16(9-7-15)27-20-17-13-28(12-10-19(17)25-14-26-20)21-18(23)5-4-11-24-21;18-14-12-9-17(7-6-13(12)15-10-16-14)8-11-4-2-1-3-5-11;13-9-2-1-4-15-12(9)18-5-3-10-8(6-18)11(14)17-7-16-10;13-9-2-1-4-14-11(9)17-5-3-10-8(6-17)12(18)16-7-15-10;1-10(2,3)8-4-6-9(11)7-5-8;11-7-5-3-8-2-1-6(5)9-4-10-7;6-4-2-1-3-8-5(4)7;1-5(2,3)4/h4-9,11,14H,10,12-13H2,1-3H3,(H,25,26,27);1-5,10H,6-9H2,(H,15,16,18);1-2,4,7H,3,5-6H2;1-2,4,7H,3,5-6H2,(H,15,16,18);4-7H,11H2,1-3H3;4,8H,1-3H2,(H,9,10,11);1-3H;. The van der Waals surface area contributed by atoms with Gasteiger partial charge in [0.25, 0.3) is 16.7 Å². The van der Waals surface area contributed by atoms with Gasteiger partial charge >= 0.3 is 5.20 Å². The van der Waals surface area contributed by atoms with Crippen molar-refractivity contribution in [2.75, 3.05) is 58.5 Å². The van der Waals surface area contributed by atoms with Crippen LogP contribution in [0.5, 0.6) is 0 Å². The van der Waals surface area contributed by atoms with Crippen LogP contribution in [0.3, 0.4) is 0 Å². The number of nitrogens with two attached hydrogens (primary N) is 1. The Kier molecular flexibility index (Phi) is 33.1. The molecule has 5 aliphatic rings. The molecule has 0 saturated carbocycles. The molecule has 0 spiro atoms. The van der Waals surface area contributed by atoms with Crippen LogP contribution < -0.4 is 47.7 Å². The Balaban J connectivity index is 0.000000147. The van der Waals surface area contributed by atoms with Crippen molar-refractivity contribution in [1.82, 2.24) is 80.0 Å². The van der Waals surface area contributed by atoms with Crippen molar-refractivity contribution in [2.24, 2.45) is 0 Å². The van der Waals surface area contributed by atoms with E-state index in [4.69, 9.17) is 75.3 Å². The third-order valence-corrected chi connectivity index (χ3v) is 20.7. The van der Waals surface area contributed by atoms with Gasteiger partial charge in [-0.1, -0.05) is 166 Å². The van der Waals surface area contributed by atoms with Gasteiger partial charge < -0.3 is 46.0 Å². The SMILES string of the molecule is CC(C)(C)c1ccc(N)cc1.CC(C)(C)c1ccc(Nc2ncnc3c2CN(c2ncccc2Cl)CC3)cc1.Clc1cccnc1Cl.Clc1cccnc1N1CCc2ncnc(Cl)c2C1.O=P(Cl)(Cl)Cl.O=c1[nH]cnc2c1CN(Cc1ccccc1)CC2.O=c1[nH]cnc2c1CN(c1ncccc1Cl)CC2.O=c1[nH]cnc2c1CNCC2. The third-order valence-electron chi connectivity index (χ3n) is 18.8. The minimum atomic E-state index is -3.22. The highest BCUT2D eigenvalue weighted by Gasteiger charge is 2.27. The highest BCUT2D eigenvalue weighted by molar-refractivity contribution is 8.24. The van der Waals surface area contributed by atoms with Crippen molar-refractivity contribution in [3.8, 4) is 0 Å². The van der Waals surface area contributed by atoms with Gasteiger partial charge in [-0.25, -0.2) is 54.8 Å². The molecule has 35 heteroatoms. The average molecular weight is 1780 g/mol. The number of hydrogen-bond donors (Lipinski definition) is 6. The Morgan fingerprint density at radius 2 is 0.838 bits per heavy atom. The second-order valence-electron chi connectivity index (χ2n) is 29.0. The van der Waals surface area contributed by atoms with E-state index in [1.807, 2.05) is 59.5 Å². The molecule has 0 bridgehead atoms. The van der Waals surface area contributed by atoms with Crippen LogP contribution in [-0.4, -0.2) is 107 Å². The van der Waals surface area contributed by atoms with Crippen LogP contribution >= 0.6 is 109 Å². The Morgan fingerprint density at radius 1 is 0.427 bits per heavy atom. The topological polar surface area (TPSA) is 320 Å². The molecule has 5 aliphatic heterocycles. The van der Waals surface area contributed by atoms with Crippen LogP contribution in [0.4, 0.5) is 34.6 Å². The van der Waals surface area contributed by atoms with E-state index in [0.717, 1.165) is 151 Å². The monoisotopic (exact) mass is 1780 g/mol. The Morgan fingerprint density at radius 3 is 1.30 bits per heavy atom. The number of pyridine rings is 4. The molecule has 117 heavy (non-hydrogen) atoms. The highest BCUT2D eigenvalue weighted by Crippen LogP contribution is 2.61. The van der Waals surface area contributed by atoms with Gasteiger partial charge in [-0.15, -0.1) is 0 Å². The van der Waals surface area contributed by atoms with Crippen LogP contribution in [0.25, 0.3) is 0 Å². The maximum Gasteiger partial charge on any atom is 0.339 e. The van der Waals surface area contributed by atoms with Crippen LogP contribution in [-0.2, 0) is 86.8 Å². The van der Waals surface area contributed by atoms with Crippen LogP contribution in [0.2, 0.25) is 30.4 Å². The Hall–Kier alpha value is -9.18. The zero-order valence-corrected chi connectivity index (χ0v) is 72.6. The lowest BCUT2D eigenvalue weighted by atomic mass is 9.87. The van der Waals surface area contributed by atoms with Gasteiger partial charge in [0.15, 0.2) is 0 Å². The molecule has 3 aromatic carbocycles. The highest BCUT2D eigenvalue weighted by atomic mass is 36.0. The summed E-state index contributed by atoms with van der Waals surface area (Å²) in [6, 6.07) is 41.3. The van der Waals surface area contributed by atoms with Gasteiger partial charge in [-0.2, -0.15) is 0 Å². The van der Waals surface area contributed by atoms with E-state index in [1.165, 1.54) is 42.0 Å². The molecule has 0 radical (unpaired) electrons. The molecule has 0 aliphatic carbocycles. The molecule has 25 nitrogen and oxygen atoms in total. The Labute approximate surface area is 722 Å². The van der Waals surface area contributed by atoms with Crippen molar-refractivity contribution in [3.05, 3.63) is 318 Å². The second kappa shape index (κ2) is 43.0. The van der Waals surface area contributed by atoms with Gasteiger partial charge in [-0.05, 0) is 134 Å². The van der Waals surface area contributed by atoms with E-state index in [2.05, 4.69) is 219 Å². The molecule has 0 atom stereocenters. The van der Waals surface area contributed by atoms with E-state index in [0.29, 0.717) is 74.5 Å². The smallest absolute Gasteiger partial charge is 0.339 e. The second-order valence-corrected chi connectivity index (χ2v) is 38.0. The number of fused-ring (bicyclic) bond motifs is 5. The van der Waals surface area contributed by atoms with Gasteiger partial charge in [0.1, 0.15) is 46.2 Å². The summed E-state index contributed by atoms with van der Waals surface area (Å²) in [7, 11) is 0. The number of aromatic amines is 3. The zero-order valence-electron chi connectivity index (χ0n) is 64.9. The van der Waals surface area contributed by atoms with Gasteiger partial charge in [-0.3, -0.25) is 23.8 Å². The van der Waals surface area contributed by atoms with Crippen molar-refractivity contribution >= 4 is 143 Å². The first-order valence-electron chi connectivity index (χ1n) is 37.1. The number of halogens is 9. The molecular formula is C82H87Cl9N21O4P. The Bertz CT molecular complexity index is 5480. The van der Waals surface area contributed by atoms with Crippen molar-refractivity contribution in [3.63, 3.8) is 0 Å². The van der Waals surface area contributed by atoms with E-state index in [9.17, 15) is 18.9 Å². The summed E-state index contributed by atoms with van der Waals surface area (Å²) >= 11 is 49.6. The number of nitrogens with one attached hydrogen (secondary N) is 5. The largest absolute Gasteiger partial charge is 0.399 e. The number of anilines is 6. The molecule has 14 heterocycles. The normalized spacial score (nSPS) is 13.9. The molecule has 17 rings (SSSR count). The zero-order chi connectivity index (χ0) is 83.8. The molecule has 12 aromatic rings. The molecule has 7 N–H and O–H groups in total.